The second-order valence-electron chi connectivity index (χ2n) is 6.34. The topological polar surface area (TPSA) is 52.0 Å². The average Bonchev–Trinajstić information content (AvgIpc) is 2.99. The van der Waals surface area contributed by atoms with E-state index in [0.717, 1.165) is 28.6 Å². The van der Waals surface area contributed by atoms with Crippen molar-refractivity contribution in [3.63, 3.8) is 0 Å². The maximum Gasteiger partial charge on any atom is 0.246 e. The molecule has 1 heterocycles. The molecule has 3 rings (SSSR count). The number of nitrogens with one attached hydrogen (secondary N) is 1. The Morgan fingerprint density at radius 3 is 2.38 bits per heavy atom. The van der Waals surface area contributed by atoms with Crippen LogP contribution in [0.1, 0.15) is 25.0 Å². The van der Waals surface area contributed by atoms with Crippen LogP contribution in [0.2, 0.25) is 0 Å². The minimum atomic E-state index is -0.671. The minimum absolute atomic E-state index is 0.0603. The van der Waals surface area contributed by atoms with Crippen molar-refractivity contribution in [3.8, 4) is 11.4 Å². The van der Waals surface area contributed by atoms with Crippen molar-refractivity contribution >= 4 is 11.6 Å². The fourth-order valence-electron chi connectivity index (χ4n) is 2.53. The third-order valence-electron chi connectivity index (χ3n) is 3.86. The Morgan fingerprint density at radius 1 is 1.04 bits per heavy atom. The molecule has 2 aromatic carbocycles. The lowest BCUT2D eigenvalue weighted by molar-refractivity contribution is 0.242. The zero-order valence-corrected chi connectivity index (χ0v) is 15.0. The summed E-state index contributed by atoms with van der Waals surface area (Å²) in [5.74, 6) is -0.277. The van der Waals surface area contributed by atoms with Crippen LogP contribution < -0.4 is 10.1 Å². The minimum Gasteiger partial charge on any atom is -0.491 e. The molecule has 0 unspecified atom stereocenters. The maximum atomic E-state index is 13.4. The number of aryl methyl sites for hydroxylation is 1. The van der Waals surface area contributed by atoms with Gasteiger partial charge in [-0.1, -0.05) is 0 Å². The Hall–Kier alpha value is -2.96. The maximum absolute atomic E-state index is 13.4. The molecule has 0 spiro atoms. The van der Waals surface area contributed by atoms with Gasteiger partial charge in [0.15, 0.2) is 0 Å². The van der Waals surface area contributed by atoms with Gasteiger partial charge in [-0.2, -0.15) is 4.98 Å². The number of hydrogen-bond donors (Lipinski definition) is 1. The van der Waals surface area contributed by atoms with Crippen molar-refractivity contribution < 1.29 is 13.5 Å². The fourth-order valence-corrected chi connectivity index (χ4v) is 2.53. The zero-order valence-electron chi connectivity index (χ0n) is 15.0. The molecule has 0 aliphatic carbocycles. The first-order valence-electron chi connectivity index (χ1n) is 8.25. The number of anilines is 2. The molecule has 0 amide bonds. The van der Waals surface area contributed by atoms with E-state index in [1.807, 2.05) is 39.8 Å². The molecule has 0 aliphatic rings. The van der Waals surface area contributed by atoms with E-state index in [1.165, 1.54) is 23.1 Å². The van der Waals surface area contributed by atoms with Crippen molar-refractivity contribution in [1.82, 2.24) is 14.8 Å². The predicted molar refractivity (Wildman–Crippen MR) is 96.2 cm³/mol. The van der Waals surface area contributed by atoms with E-state index in [2.05, 4.69) is 15.4 Å². The van der Waals surface area contributed by atoms with Gasteiger partial charge in [0.2, 0.25) is 5.95 Å². The second-order valence-corrected chi connectivity index (χ2v) is 6.34. The monoisotopic (exact) mass is 358 g/mol. The lowest BCUT2D eigenvalue weighted by Crippen LogP contribution is -2.07. The lowest BCUT2D eigenvalue weighted by atomic mass is 10.1. The molecule has 0 atom stereocenters. The molecule has 0 radical (unpaired) electrons. The highest BCUT2D eigenvalue weighted by Gasteiger charge is 2.10. The van der Waals surface area contributed by atoms with E-state index in [-0.39, 0.29) is 11.8 Å². The summed E-state index contributed by atoms with van der Waals surface area (Å²) < 4.78 is 33.8. The average molecular weight is 358 g/mol. The van der Waals surface area contributed by atoms with Crippen LogP contribution in [0.5, 0.6) is 5.75 Å². The van der Waals surface area contributed by atoms with Crippen LogP contribution in [0.25, 0.3) is 5.69 Å². The van der Waals surface area contributed by atoms with E-state index in [9.17, 15) is 8.78 Å². The SMILES string of the molecule is Cc1cc(OC(C)C)cc(Nc2ncn(-c3cc(F)cc(F)c3)n2)c1C. The number of aromatic nitrogens is 3. The summed E-state index contributed by atoms with van der Waals surface area (Å²) in [5.41, 5.74) is 3.17. The lowest BCUT2D eigenvalue weighted by Gasteiger charge is -2.15. The first-order valence-corrected chi connectivity index (χ1v) is 8.25. The molecule has 0 bridgehead atoms. The van der Waals surface area contributed by atoms with Gasteiger partial charge < -0.3 is 10.1 Å². The van der Waals surface area contributed by atoms with Gasteiger partial charge in [-0.3, -0.25) is 0 Å². The number of halogens is 2. The van der Waals surface area contributed by atoms with Crippen LogP contribution in [0, 0.1) is 25.5 Å². The molecule has 136 valence electrons. The van der Waals surface area contributed by atoms with Crippen molar-refractivity contribution in [2.75, 3.05) is 5.32 Å². The molecule has 7 heteroatoms. The highest BCUT2D eigenvalue weighted by molar-refractivity contribution is 5.63. The third-order valence-corrected chi connectivity index (χ3v) is 3.86. The normalized spacial score (nSPS) is 11.0. The van der Waals surface area contributed by atoms with Gasteiger partial charge in [-0.15, -0.1) is 5.10 Å². The number of nitrogens with zero attached hydrogens (tertiary/aromatic N) is 3. The quantitative estimate of drug-likeness (QED) is 0.719. The predicted octanol–water partition coefficient (Wildman–Crippen LogP) is 4.69. The van der Waals surface area contributed by atoms with Crippen molar-refractivity contribution in [3.05, 3.63) is 59.4 Å². The van der Waals surface area contributed by atoms with Gasteiger partial charge in [0.1, 0.15) is 23.7 Å². The zero-order chi connectivity index (χ0) is 18.8. The Morgan fingerprint density at radius 2 is 1.73 bits per heavy atom. The van der Waals surface area contributed by atoms with Gasteiger partial charge in [0.25, 0.3) is 0 Å². The van der Waals surface area contributed by atoms with Crippen LogP contribution in [-0.4, -0.2) is 20.9 Å². The van der Waals surface area contributed by atoms with Gasteiger partial charge in [-0.25, -0.2) is 13.5 Å². The molecule has 0 saturated heterocycles. The Bertz CT molecular complexity index is 917. The second kappa shape index (κ2) is 7.11. The first-order chi connectivity index (χ1) is 12.3. The van der Waals surface area contributed by atoms with E-state index < -0.39 is 11.6 Å². The largest absolute Gasteiger partial charge is 0.491 e. The highest BCUT2D eigenvalue weighted by atomic mass is 19.1. The van der Waals surface area contributed by atoms with E-state index >= 15 is 0 Å². The number of rotatable bonds is 5. The molecule has 3 aromatic rings. The summed E-state index contributed by atoms with van der Waals surface area (Å²) >= 11 is 0. The standard InChI is InChI=1S/C19H20F2N4O/c1-11(2)26-17-5-12(3)13(4)18(9-17)23-19-22-10-25(24-19)16-7-14(20)6-15(21)8-16/h5-11H,1-4H3,(H,23,24). The summed E-state index contributed by atoms with van der Waals surface area (Å²) in [6, 6.07) is 7.04. The fraction of sp³-hybridized carbons (Fsp3) is 0.263. The molecule has 0 fully saturated rings. The molecule has 0 aliphatic heterocycles. The van der Waals surface area contributed by atoms with Crippen molar-refractivity contribution in [2.24, 2.45) is 0 Å². The molecule has 5 nitrogen and oxygen atoms in total. The van der Waals surface area contributed by atoms with Crippen molar-refractivity contribution in [1.29, 1.82) is 0 Å². The first kappa shape index (κ1) is 17.8. The van der Waals surface area contributed by atoms with Gasteiger partial charge in [-0.05, 0) is 57.0 Å². The molecule has 26 heavy (non-hydrogen) atoms. The summed E-state index contributed by atoms with van der Waals surface area (Å²) in [5, 5.41) is 7.38. The van der Waals surface area contributed by atoms with E-state index in [1.54, 1.807) is 0 Å². The highest BCUT2D eigenvalue weighted by Crippen LogP contribution is 2.28. The molecular weight excluding hydrogens is 338 g/mol. The number of ether oxygens (including phenoxy) is 1. The third kappa shape index (κ3) is 3.99. The van der Waals surface area contributed by atoms with Gasteiger partial charge >= 0.3 is 0 Å². The van der Waals surface area contributed by atoms with Crippen LogP contribution in [0.4, 0.5) is 20.4 Å². The van der Waals surface area contributed by atoms with Crippen LogP contribution >= 0.6 is 0 Å². The molecule has 0 saturated carbocycles. The van der Waals surface area contributed by atoms with Crippen molar-refractivity contribution in [2.45, 2.75) is 33.8 Å². The number of benzene rings is 2. The summed E-state index contributed by atoms with van der Waals surface area (Å²) in [6.07, 6.45) is 1.46. The summed E-state index contributed by atoms with van der Waals surface area (Å²) in [7, 11) is 0. The summed E-state index contributed by atoms with van der Waals surface area (Å²) in [4.78, 5) is 4.16. The van der Waals surface area contributed by atoms with Crippen LogP contribution in [0.3, 0.4) is 0 Å². The Balaban J connectivity index is 1.88. The number of hydrogen-bond acceptors (Lipinski definition) is 4. The Labute approximate surface area is 150 Å². The molecule has 1 aromatic heterocycles. The van der Waals surface area contributed by atoms with Gasteiger partial charge in [0, 0.05) is 17.8 Å². The van der Waals surface area contributed by atoms with E-state index in [4.69, 9.17) is 4.74 Å². The van der Waals surface area contributed by atoms with Crippen LogP contribution in [-0.2, 0) is 0 Å². The molecule has 1 N–H and O–H groups in total. The van der Waals surface area contributed by atoms with Gasteiger partial charge in [0.05, 0.1) is 11.8 Å². The summed E-state index contributed by atoms with van der Waals surface area (Å²) in [6.45, 7) is 7.90. The smallest absolute Gasteiger partial charge is 0.246 e. The Kier molecular flexibility index (Phi) is 4.88. The van der Waals surface area contributed by atoms with E-state index in [0.29, 0.717) is 5.95 Å². The van der Waals surface area contributed by atoms with Crippen LogP contribution in [0.15, 0.2) is 36.7 Å². The molecular formula is C19H20F2N4O.